The third-order valence-corrected chi connectivity index (χ3v) is 1.34. The Balaban J connectivity index is 2.96. The lowest BCUT2D eigenvalue weighted by Gasteiger charge is -2.00. The Morgan fingerprint density at radius 1 is 1.29 bits per heavy atom. The predicted octanol–water partition coefficient (Wildman–Crippen LogP) is 1.20. The van der Waals surface area contributed by atoms with Crippen molar-refractivity contribution in [3.05, 3.63) is 35.4 Å². The summed E-state index contributed by atoms with van der Waals surface area (Å²) in [5, 5.41) is 0. The van der Waals surface area contributed by atoms with Gasteiger partial charge in [-0.1, -0.05) is 0 Å². The third-order valence-electron chi connectivity index (χ3n) is 1.34. The van der Waals surface area contributed by atoms with Gasteiger partial charge >= 0.3 is 12.1 Å². The minimum atomic E-state index is -1.35. The van der Waals surface area contributed by atoms with Gasteiger partial charge in [-0.25, -0.2) is 18.4 Å². The fourth-order valence-corrected chi connectivity index (χ4v) is 0.801. The van der Waals surface area contributed by atoms with E-state index in [9.17, 15) is 18.4 Å². The Labute approximate surface area is 77.3 Å². The van der Waals surface area contributed by atoms with Gasteiger partial charge < -0.3 is 10.5 Å². The van der Waals surface area contributed by atoms with Crippen molar-refractivity contribution in [1.82, 2.24) is 0 Å². The van der Waals surface area contributed by atoms with Gasteiger partial charge in [-0.15, -0.1) is 0 Å². The van der Waals surface area contributed by atoms with Gasteiger partial charge in [0.2, 0.25) is 0 Å². The molecule has 0 spiro atoms. The molecule has 1 aromatic rings. The maximum Gasteiger partial charge on any atom is 0.412 e. The van der Waals surface area contributed by atoms with E-state index in [1.807, 2.05) is 0 Å². The van der Waals surface area contributed by atoms with Crippen molar-refractivity contribution in [3.63, 3.8) is 0 Å². The standard InChI is InChI=1S/C8H5F2NO3/c9-4-1-2-5(6(10)3-4)7(12)14-8(11)13/h1-3H,(H2,11,13). The van der Waals surface area contributed by atoms with Gasteiger partial charge in [0.25, 0.3) is 0 Å². The van der Waals surface area contributed by atoms with Crippen LogP contribution in [0.1, 0.15) is 10.4 Å². The molecule has 0 atom stereocenters. The van der Waals surface area contributed by atoms with Crippen LogP contribution < -0.4 is 5.73 Å². The molecule has 6 heteroatoms. The Hall–Kier alpha value is -1.98. The zero-order chi connectivity index (χ0) is 10.7. The monoisotopic (exact) mass is 201 g/mol. The van der Waals surface area contributed by atoms with Crippen LogP contribution in [0.5, 0.6) is 0 Å². The van der Waals surface area contributed by atoms with Gasteiger partial charge in [-0.05, 0) is 12.1 Å². The van der Waals surface area contributed by atoms with E-state index in [-0.39, 0.29) is 0 Å². The number of carbonyl (C=O) groups is 2. The summed E-state index contributed by atoms with van der Waals surface area (Å²) in [6.07, 6.45) is -1.35. The maximum atomic E-state index is 12.9. The second-order valence-electron chi connectivity index (χ2n) is 2.33. The lowest BCUT2D eigenvalue weighted by atomic mass is 10.2. The predicted molar refractivity (Wildman–Crippen MR) is 41.4 cm³/mol. The number of carbonyl (C=O) groups excluding carboxylic acids is 2. The number of halogens is 2. The molecule has 0 aliphatic carbocycles. The number of nitrogens with two attached hydrogens (primary N) is 1. The van der Waals surface area contributed by atoms with E-state index in [1.54, 1.807) is 0 Å². The molecule has 0 aromatic heterocycles. The molecule has 0 saturated carbocycles. The molecule has 0 saturated heterocycles. The molecule has 1 rings (SSSR count). The van der Waals surface area contributed by atoms with Crippen molar-refractivity contribution < 1.29 is 23.1 Å². The summed E-state index contributed by atoms with van der Waals surface area (Å²) in [5.74, 6) is -3.20. The van der Waals surface area contributed by atoms with Gasteiger partial charge in [-0.3, -0.25) is 0 Å². The lowest BCUT2D eigenvalue weighted by molar-refractivity contribution is 0.0633. The third kappa shape index (κ3) is 2.25. The molecular weight excluding hydrogens is 196 g/mol. The molecule has 0 heterocycles. The highest BCUT2D eigenvalue weighted by molar-refractivity contribution is 5.96. The van der Waals surface area contributed by atoms with Crippen LogP contribution in [0.25, 0.3) is 0 Å². The lowest BCUT2D eigenvalue weighted by Crippen LogP contribution is -2.19. The van der Waals surface area contributed by atoms with Crippen molar-refractivity contribution in [1.29, 1.82) is 0 Å². The molecule has 0 unspecified atom stereocenters. The Morgan fingerprint density at radius 3 is 2.43 bits per heavy atom. The van der Waals surface area contributed by atoms with E-state index < -0.39 is 29.3 Å². The van der Waals surface area contributed by atoms with E-state index in [0.717, 1.165) is 12.1 Å². The number of ether oxygens (including phenoxy) is 1. The SMILES string of the molecule is NC(=O)OC(=O)c1ccc(F)cc1F. The van der Waals surface area contributed by atoms with Crippen molar-refractivity contribution in [2.45, 2.75) is 0 Å². The van der Waals surface area contributed by atoms with Gasteiger partial charge in [0.1, 0.15) is 11.6 Å². The molecule has 2 N–H and O–H groups in total. The van der Waals surface area contributed by atoms with Gasteiger partial charge in [0.05, 0.1) is 5.56 Å². The van der Waals surface area contributed by atoms with Crippen LogP contribution in [0.4, 0.5) is 13.6 Å². The van der Waals surface area contributed by atoms with Crippen molar-refractivity contribution in [2.75, 3.05) is 0 Å². The van der Waals surface area contributed by atoms with E-state index in [1.165, 1.54) is 0 Å². The Kier molecular flexibility index (Phi) is 2.76. The average molecular weight is 201 g/mol. The second-order valence-corrected chi connectivity index (χ2v) is 2.33. The highest BCUT2D eigenvalue weighted by Gasteiger charge is 2.15. The van der Waals surface area contributed by atoms with E-state index in [4.69, 9.17) is 0 Å². The van der Waals surface area contributed by atoms with Gasteiger partial charge in [0, 0.05) is 6.07 Å². The van der Waals surface area contributed by atoms with Crippen molar-refractivity contribution >= 4 is 12.1 Å². The number of rotatable bonds is 1. The van der Waals surface area contributed by atoms with E-state index in [0.29, 0.717) is 6.07 Å². The van der Waals surface area contributed by atoms with Crippen LogP contribution in [0, 0.1) is 11.6 Å². The van der Waals surface area contributed by atoms with Crippen molar-refractivity contribution in [2.24, 2.45) is 5.73 Å². The van der Waals surface area contributed by atoms with E-state index in [2.05, 4.69) is 10.5 Å². The molecule has 0 bridgehead atoms. The topological polar surface area (TPSA) is 69.4 Å². The number of esters is 1. The van der Waals surface area contributed by atoms with Gasteiger partial charge in [-0.2, -0.15) is 0 Å². The highest BCUT2D eigenvalue weighted by atomic mass is 19.1. The zero-order valence-electron chi connectivity index (χ0n) is 6.79. The van der Waals surface area contributed by atoms with Gasteiger partial charge in [0.15, 0.2) is 0 Å². The molecule has 1 aromatic carbocycles. The number of hydrogen-bond donors (Lipinski definition) is 1. The largest absolute Gasteiger partial charge is 0.412 e. The summed E-state index contributed by atoms with van der Waals surface area (Å²) in [4.78, 5) is 21.0. The highest BCUT2D eigenvalue weighted by Crippen LogP contribution is 2.10. The van der Waals surface area contributed by atoms with Crippen LogP contribution >= 0.6 is 0 Å². The minimum absolute atomic E-state index is 0.498. The van der Waals surface area contributed by atoms with E-state index >= 15 is 0 Å². The number of benzene rings is 1. The molecule has 0 aliphatic rings. The smallest absolute Gasteiger partial charge is 0.373 e. The Morgan fingerprint density at radius 2 is 1.93 bits per heavy atom. The summed E-state index contributed by atoms with van der Waals surface area (Å²) in [5.41, 5.74) is 3.98. The Bertz CT molecular complexity index is 392. The fourth-order valence-electron chi connectivity index (χ4n) is 0.801. The van der Waals surface area contributed by atoms with Crippen LogP contribution in [-0.4, -0.2) is 12.1 Å². The quantitative estimate of drug-likeness (QED) is 0.548. The normalized spacial score (nSPS) is 9.57. The number of amides is 1. The maximum absolute atomic E-state index is 12.9. The average Bonchev–Trinajstić information content (AvgIpc) is 2.01. The first kappa shape index (κ1) is 10.1. The van der Waals surface area contributed by atoms with Crippen LogP contribution in [0.3, 0.4) is 0 Å². The summed E-state index contributed by atoms with van der Waals surface area (Å²) in [6.45, 7) is 0. The van der Waals surface area contributed by atoms with Crippen molar-refractivity contribution in [3.8, 4) is 0 Å². The number of primary amides is 1. The first-order valence-corrected chi connectivity index (χ1v) is 3.47. The molecule has 0 fully saturated rings. The molecular formula is C8H5F2NO3. The molecule has 0 radical (unpaired) electrons. The molecule has 0 aliphatic heterocycles. The summed E-state index contributed by atoms with van der Waals surface area (Å²) in [7, 11) is 0. The molecule has 14 heavy (non-hydrogen) atoms. The number of hydrogen-bond acceptors (Lipinski definition) is 3. The first-order chi connectivity index (χ1) is 6.50. The van der Waals surface area contributed by atoms with Crippen LogP contribution in [0.15, 0.2) is 18.2 Å². The summed E-state index contributed by atoms with van der Waals surface area (Å²) in [6, 6.07) is 2.22. The van der Waals surface area contributed by atoms with Crippen LogP contribution in [-0.2, 0) is 4.74 Å². The first-order valence-electron chi connectivity index (χ1n) is 3.47. The van der Waals surface area contributed by atoms with Crippen LogP contribution in [0.2, 0.25) is 0 Å². The molecule has 74 valence electrons. The minimum Gasteiger partial charge on any atom is -0.373 e. The zero-order valence-corrected chi connectivity index (χ0v) is 6.79. The molecule has 1 amide bonds. The fraction of sp³-hybridized carbons (Fsp3) is 0. The molecule has 4 nitrogen and oxygen atoms in total. The second kappa shape index (κ2) is 3.82. The summed E-state index contributed by atoms with van der Waals surface area (Å²) >= 11 is 0. The summed E-state index contributed by atoms with van der Waals surface area (Å²) < 4.78 is 29.1.